The van der Waals surface area contributed by atoms with Crippen LogP contribution >= 0.6 is 15.9 Å². The Morgan fingerprint density at radius 3 is 2.71 bits per heavy atom. The van der Waals surface area contributed by atoms with Gasteiger partial charge in [0.1, 0.15) is 0 Å². The van der Waals surface area contributed by atoms with Crippen LogP contribution in [0.4, 0.5) is 5.69 Å². The zero-order valence-corrected chi connectivity index (χ0v) is 13.3. The molecule has 0 bridgehead atoms. The summed E-state index contributed by atoms with van der Waals surface area (Å²) in [5, 5.41) is 10.7. The lowest BCUT2D eigenvalue weighted by Crippen LogP contribution is -2.01. The Morgan fingerprint density at radius 2 is 1.90 bits per heavy atom. The Kier molecular flexibility index (Phi) is 4.06. The predicted molar refractivity (Wildman–Crippen MR) is 90.2 cm³/mol. The lowest BCUT2D eigenvalue weighted by Gasteiger charge is -2.10. The van der Waals surface area contributed by atoms with E-state index in [9.17, 15) is 0 Å². The number of halogens is 1. The van der Waals surface area contributed by atoms with Gasteiger partial charge < -0.3 is 5.32 Å². The predicted octanol–water partition coefficient (Wildman–Crippen LogP) is 4.76. The number of hydrogen-bond donors (Lipinski definition) is 2. The van der Waals surface area contributed by atoms with Gasteiger partial charge in [-0.15, -0.1) is 0 Å². The van der Waals surface area contributed by atoms with Gasteiger partial charge >= 0.3 is 0 Å². The number of nitrogens with one attached hydrogen (secondary N) is 2. The summed E-state index contributed by atoms with van der Waals surface area (Å²) in [6.45, 7) is 2.81. The first-order valence-electron chi connectivity index (χ1n) is 6.82. The second-order valence-corrected chi connectivity index (χ2v) is 5.72. The molecule has 0 fully saturated rings. The summed E-state index contributed by atoms with van der Waals surface area (Å²) in [5.41, 5.74) is 5.67. The lowest BCUT2D eigenvalue weighted by atomic mass is 10.1. The van der Waals surface area contributed by atoms with Crippen molar-refractivity contribution < 1.29 is 0 Å². The number of aromatic nitrogens is 2. The van der Waals surface area contributed by atoms with Gasteiger partial charge in [0.2, 0.25) is 0 Å². The molecule has 4 heteroatoms. The molecule has 1 heterocycles. The maximum atomic E-state index is 4.17. The van der Waals surface area contributed by atoms with E-state index >= 15 is 0 Å². The van der Waals surface area contributed by atoms with E-state index in [-0.39, 0.29) is 0 Å². The van der Waals surface area contributed by atoms with Gasteiger partial charge in [-0.1, -0.05) is 42.5 Å². The van der Waals surface area contributed by atoms with Crippen LogP contribution in [0, 0.1) is 6.92 Å². The zero-order valence-electron chi connectivity index (χ0n) is 11.7. The number of hydrogen-bond acceptors (Lipinski definition) is 2. The topological polar surface area (TPSA) is 40.7 Å². The molecule has 3 rings (SSSR count). The summed E-state index contributed by atoms with van der Waals surface area (Å²) in [5.74, 6) is 0. The standard InChI is InChI=1S/C17H16BrN3/c1-12-6-5-9-15(16(12)18)19-10-14-11-20-21-17(14)13-7-3-2-4-8-13/h2-9,11,19H,10H2,1H3,(H,20,21). The van der Waals surface area contributed by atoms with Crippen LogP contribution in [0.15, 0.2) is 59.2 Å². The van der Waals surface area contributed by atoms with E-state index in [1.54, 1.807) is 0 Å². The average Bonchev–Trinajstić information content (AvgIpc) is 2.98. The van der Waals surface area contributed by atoms with Crippen molar-refractivity contribution in [2.75, 3.05) is 5.32 Å². The first-order valence-corrected chi connectivity index (χ1v) is 7.61. The molecule has 0 aliphatic carbocycles. The molecule has 0 saturated heterocycles. The summed E-state index contributed by atoms with van der Waals surface area (Å²) < 4.78 is 1.11. The summed E-state index contributed by atoms with van der Waals surface area (Å²) >= 11 is 3.62. The molecule has 0 radical (unpaired) electrons. The molecule has 3 nitrogen and oxygen atoms in total. The van der Waals surface area contributed by atoms with Gasteiger partial charge in [0, 0.05) is 22.3 Å². The van der Waals surface area contributed by atoms with Crippen molar-refractivity contribution in [3.05, 3.63) is 70.3 Å². The number of rotatable bonds is 4. The van der Waals surface area contributed by atoms with Crippen LogP contribution in [-0.4, -0.2) is 10.2 Å². The van der Waals surface area contributed by atoms with Gasteiger partial charge in [-0.3, -0.25) is 5.10 Å². The molecule has 2 aromatic carbocycles. The van der Waals surface area contributed by atoms with Crippen molar-refractivity contribution in [1.29, 1.82) is 0 Å². The van der Waals surface area contributed by atoms with Gasteiger partial charge in [-0.25, -0.2) is 0 Å². The number of aryl methyl sites for hydroxylation is 1. The molecule has 0 aliphatic heterocycles. The van der Waals surface area contributed by atoms with Crippen molar-refractivity contribution in [3.8, 4) is 11.3 Å². The van der Waals surface area contributed by atoms with Crippen molar-refractivity contribution >= 4 is 21.6 Å². The Hall–Kier alpha value is -2.07. The van der Waals surface area contributed by atoms with Crippen molar-refractivity contribution in [1.82, 2.24) is 10.2 Å². The molecule has 0 amide bonds. The third kappa shape index (κ3) is 3.00. The van der Waals surface area contributed by atoms with Crippen LogP contribution in [0.3, 0.4) is 0 Å². The highest BCUT2D eigenvalue weighted by Gasteiger charge is 2.08. The number of anilines is 1. The molecular weight excluding hydrogens is 326 g/mol. The van der Waals surface area contributed by atoms with Crippen LogP contribution < -0.4 is 5.32 Å². The van der Waals surface area contributed by atoms with E-state index in [4.69, 9.17) is 0 Å². The minimum Gasteiger partial charge on any atom is -0.380 e. The van der Waals surface area contributed by atoms with E-state index in [1.165, 1.54) is 5.56 Å². The maximum absolute atomic E-state index is 4.17. The fourth-order valence-corrected chi connectivity index (χ4v) is 2.68. The molecule has 0 spiro atoms. The van der Waals surface area contributed by atoms with Gasteiger partial charge in [0.05, 0.1) is 11.9 Å². The van der Waals surface area contributed by atoms with Gasteiger partial charge in [0.15, 0.2) is 0 Å². The summed E-state index contributed by atoms with van der Waals surface area (Å²) in [6.07, 6.45) is 1.87. The van der Waals surface area contributed by atoms with Crippen molar-refractivity contribution in [3.63, 3.8) is 0 Å². The van der Waals surface area contributed by atoms with E-state index in [1.807, 2.05) is 24.4 Å². The molecule has 1 aromatic heterocycles. The monoisotopic (exact) mass is 341 g/mol. The van der Waals surface area contributed by atoms with Crippen LogP contribution in [0.2, 0.25) is 0 Å². The number of aromatic amines is 1. The molecule has 0 atom stereocenters. The van der Waals surface area contributed by atoms with Crippen molar-refractivity contribution in [2.45, 2.75) is 13.5 Å². The van der Waals surface area contributed by atoms with Crippen molar-refractivity contribution in [2.24, 2.45) is 0 Å². The first kappa shape index (κ1) is 13.9. The molecule has 2 N–H and O–H groups in total. The fraction of sp³-hybridized carbons (Fsp3) is 0.118. The largest absolute Gasteiger partial charge is 0.380 e. The molecule has 106 valence electrons. The van der Waals surface area contributed by atoms with E-state index in [0.29, 0.717) is 0 Å². The second kappa shape index (κ2) is 6.14. The molecule has 21 heavy (non-hydrogen) atoms. The van der Waals surface area contributed by atoms with Gasteiger partial charge in [0.25, 0.3) is 0 Å². The Morgan fingerprint density at radius 1 is 1.10 bits per heavy atom. The molecular formula is C17H16BrN3. The smallest absolute Gasteiger partial charge is 0.0700 e. The lowest BCUT2D eigenvalue weighted by molar-refractivity contribution is 1.10. The summed E-state index contributed by atoms with van der Waals surface area (Å²) in [4.78, 5) is 0. The quantitative estimate of drug-likeness (QED) is 0.718. The van der Waals surface area contributed by atoms with E-state index < -0.39 is 0 Å². The Labute approximate surface area is 132 Å². The molecule has 0 unspecified atom stereocenters. The first-order chi connectivity index (χ1) is 10.3. The summed E-state index contributed by atoms with van der Waals surface area (Å²) in [6, 6.07) is 16.5. The SMILES string of the molecule is Cc1cccc(NCc2cn[nH]c2-c2ccccc2)c1Br. The minimum atomic E-state index is 0.725. The maximum Gasteiger partial charge on any atom is 0.0700 e. The highest BCUT2D eigenvalue weighted by atomic mass is 79.9. The normalized spacial score (nSPS) is 10.6. The van der Waals surface area contributed by atoms with Crippen LogP contribution in [0.25, 0.3) is 11.3 Å². The molecule has 0 saturated carbocycles. The number of benzene rings is 2. The summed E-state index contributed by atoms with van der Waals surface area (Å²) in [7, 11) is 0. The van der Waals surface area contributed by atoms with Crippen LogP contribution in [-0.2, 0) is 6.54 Å². The van der Waals surface area contributed by atoms with Gasteiger partial charge in [-0.05, 0) is 40.0 Å². The van der Waals surface area contributed by atoms with Crippen LogP contribution in [0.5, 0.6) is 0 Å². The highest BCUT2D eigenvalue weighted by Crippen LogP contribution is 2.27. The fourth-order valence-electron chi connectivity index (χ4n) is 2.27. The highest BCUT2D eigenvalue weighted by molar-refractivity contribution is 9.10. The third-order valence-corrected chi connectivity index (χ3v) is 4.49. The average molecular weight is 342 g/mol. The second-order valence-electron chi connectivity index (χ2n) is 4.93. The Balaban J connectivity index is 1.81. The van der Waals surface area contributed by atoms with E-state index in [2.05, 4.69) is 68.7 Å². The van der Waals surface area contributed by atoms with E-state index in [0.717, 1.165) is 33.5 Å². The third-order valence-electron chi connectivity index (χ3n) is 3.44. The number of H-pyrrole nitrogens is 1. The van der Waals surface area contributed by atoms with Crippen LogP contribution in [0.1, 0.15) is 11.1 Å². The molecule has 3 aromatic rings. The number of nitrogens with zero attached hydrogens (tertiary/aromatic N) is 1. The Bertz CT molecular complexity index is 735. The van der Waals surface area contributed by atoms with Gasteiger partial charge in [-0.2, -0.15) is 5.10 Å². The molecule has 0 aliphatic rings. The minimum absolute atomic E-state index is 0.725. The zero-order chi connectivity index (χ0) is 14.7.